The number of sulfonamides is 1. The van der Waals surface area contributed by atoms with Crippen molar-refractivity contribution in [3.05, 3.63) is 23.5 Å². The van der Waals surface area contributed by atoms with E-state index in [4.69, 9.17) is 10.8 Å². The van der Waals surface area contributed by atoms with Crippen molar-refractivity contribution in [2.24, 2.45) is 0 Å². The van der Waals surface area contributed by atoms with Gasteiger partial charge in [-0.15, -0.1) is 0 Å². The maximum absolute atomic E-state index is 13.3. The van der Waals surface area contributed by atoms with Crippen LogP contribution >= 0.6 is 0 Å². The van der Waals surface area contributed by atoms with Gasteiger partial charge in [-0.3, -0.25) is 0 Å². The van der Waals surface area contributed by atoms with E-state index in [9.17, 15) is 12.8 Å². The molecule has 1 rings (SSSR count). The van der Waals surface area contributed by atoms with Gasteiger partial charge in [-0.2, -0.15) is 0 Å². The van der Waals surface area contributed by atoms with Crippen LogP contribution in [0.2, 0.25) is 0 Å². The van der Waals surface area contributed by atoms with Gasteiger partial charge in [0.05, 0.1) is 4.90 Å². The summed E-state index contributed by atoms with van der Waals surface area (Å²) < 4.78 is 39.0. The monoisotopic (exact) mass is 262 g/mol. The van der Waals surface area contributed by atoms with Crippen molar-refractivity contribution in [2.75, 3.05) is 18.9 Å². The summed E-state index contributed by atoms with van der Waals surface area (Å²) >= 11 is 0. The van der Waals surface area contributed by atoms with E-state index < -0.39 is 15.8 Å². The average molecular weight is 262 g/mol. The van der Waals surface area contributed by atoms with E-state index in [0.29, 0.717) is 6.42 Å². The van der Waals surface area contributed by atoms with E-state index >= 15 is 0 Å². The van der Waals surface area contributed by atoms with Crippen molar-refractivity contribution in [1.29, 1.82) is 0 Å². The molecule has 0 fully saturated rings. The van der Waals surface area contributed by atoms with Gasteiger partial charge in [0, 0.05) is 24.4 Å². The van der Waals surface area contributed by atoms with E-state index in [-0.39, 0.29) is 29.3 Å². The smallest absolute Gasteiger partial charge is 0.240 e. The number of halogens is 1. The second-order valence-electron chi connectivity index (χ2n) is 3.59. The minimum absolute atomic E-state index is 0.0903. The predicted octanol–water partition coefficient (Wildman–Crippen LogP) is 0.377. The summed E-state index contributed by atoms with van der Waals surface area (Å²) in [7, 11) is -3.78. The molecular weight excluding hydrogens is 247 g/mol. The highest BCUT2D eigenvalue weighted by Crippen LogP contribution is 2.20. The van der Waals surface area contributed by atoms with Gasteiger partial charge in [0.1, 0.15) is 5.82 Å². The van der Waals surface area contributed by atoms with Crippen LogP contribution in [0.3, 0.4) is 0 Å². The fourth-order valence-corrected chi connectivity index (χ4v) is 2.32. The van der Waals surface area contributed by atoms with Crippen LogP contribution in [0.1, 0.15) is 12.0 Å². The minimum Gasteiger partial charge on any atom is -0.398 e. The molecule has 5 nitrogen and oxygen atoms in total. The first-order valence-electron chi connectivity index (χ1n) is 5.04. The van der Waals surface area contributed by atoms with Gasteiger partial charge in [-0.1, -0.05) is 0 Å². The van der Waals surface area contributed by atoms with E-state index in [1.54, 1.807) is 0 Å². The summed E-state index contributed by atoms with van der Waals surface area (Å²) in [6.07, 6.45) is 0.295. The number of rotatable bonds is 5. The van der Waals surface area contributed by atoms with Crippen LogP contribution in [0, 0.1) is 12.7 Å². The van der Waals surface area contributed by atoms with Crippen LogP contribution in [0.5, 0.6) is 0 Å². The van der Waals surface area contributed by atoms with Crippen molar-refractivity contribution in [1.82, 2.24) is 4.72 Å². The summed E-state index contributed by atoms with van der Waals surface area (Å²) in [4.78, 5) is -0.212. The number of nitrogens with two attached hydrogens (primary N) is 1. The Labute approximate surface area is 99.5 Å². The molecule has 96 valence electrons. The lowest BCUT2D eigenvalue weighted by molar-refractivity contribution is 0.289. The summed E-state index contributed by atoms with van der Waals surface area (Å²) in [6.45, 7) is 1.45. The second-order valence-corrected chi connectivity index (χ2v) is 5.36. The fraction of sp³-hybridized carbons (Fsp3) is 0.400. The Morgan fingerprint density at radius 2 is 2.12 bits per heavy atom. The van der Waals surface area contributed by atoms with Crippen LogP contribution in [-0.2, 0) is 10.0 Å². The Balaban J connectivity index is 2.99. The van der Waals surface area contributed by atoms with Crippen molar-refractivity contribution >= 4 is 15.7 Å². The van der Waals surface area contributed by atoms with Gasteiger partial charge in [-0.25, -0.2) is 17.5 Å². The van der Waals surface area contributed by atoms with Crippen LogP contribution in [-0.4, -0.2) is 26.7 Å². The van der Waals surface area contributed by atoms with Gasteiger partial charge < -0.3 is 10.8 Å². The first-order chi connectivity index (χ1) is 7.88. The minimum atomic E-state index is -3.78. The summed E-state index contributed by atoms with van der Waals surface area (Å²) in [5, 5.41) is 8.54. The molecule has 0 saturated carbocycles. The maximum atomic E-state index is 13.3. The third-order valence-corrected chi connectivity index (χ3v) is 3.74. The third kappa shape index (κ3) is 3.39. The van der Waals surface area contributed by atoms with E-state index in [1.807, 2.05) is 0 Å². The molecule has 0 spiro atoms. The molecular formula is C10H15FN2O3S. The molecule has 0 aromatic heterocycles. The first kappa shape index (κ1) is 13.9. The molecule has 0 amide bonds. The highest BCUT2D eigenvalue weighted by Gasteiger charge is 2.16. The van der Waals surface area contributed by atoms with Gasteiger partial charge in [-0.05, 0) is 25.5 Å². The van der Waals surface area contributed by atoms with Crippen LogP contribution < -0.4 is 10.5 Å². The number of nitrogen functional groups attached to an aromatic ring is 1. The van der Waals surface area contributed by atoms with Crippen molar-refractivity contribution in [3.8, 4) is 0 Å². The zero-order valence-electron chi connectivity index (χ0n) is 9.40. The lowest BCUT2D eigenvalue weighted by Gasteiger charge is -2.09. The maximum Gasteiger partial charge on any atom is 0.240 e. The van der Waals surface area contributed by atoms with Crippen LogP contribution in [0.15, 0.2) is 17.0 Å². The number of aliphatic hydroxyl groups is 1. The molecule has 4 N–H and O–H groups in total. The molecule has 1 aromatic carbocycles. The molecule has 0 bridgehead atoms. The van der Waals surface area contributed by atoms with Gasteiger partial charge in [0.25, 0.3) is 0 Å². The molecule has 0 aliphatic carbocycles. The largest absolute Gasteiger partial charge is 0.398 e. The van der Waals surface area contributed by atoms with Crippen molar-refractivity contribution in [2.45, 2.75) is 18.2 Å². The van der Waals surface area contributed by atoms with E-state index in [0.717, 1.165) is 6.07 Å². The Bertz CT molecular complexity index is 479. The molecule has 0 atom stereocenters. The number of hydrogen-bond acceptors (Lipinski definition) is 4. The number of anilines is 1. The van der Waals surface area contributed by atoms with Crippen molar-refractivity contribution in [3.63, 3.8) is 0 Å². The Hall–Kier alpha value is -1.18. The van der Waals surface area contributed by atoms with E-state index in [1.165, 1.54) is 13.0 Å². The predicted molar refractivity (Wildman–Crippen MR) is 62.4 cm³/mol. The summed E-state index contributed by atoms with van der Waals surface area (Å²) in [6, 6.07) is 2.13. The first-order valence-corrected chi connectivity index (χ1v) is 6.53. The Kier molecular flexibility index (Phi) is 4.44. The number of hydrogen-bond donors (Lipinski definition) is 3. The quantitative estimate of drug-likeness (QED) is 0.528. The standard InChI is InChI=1S/C10H15FN2O3S/c1-7-9(11)5-8(6-10(7)12)17(15,16)13-3-2-4-14/h5-6,13-14H,2-4,12H2,1H3. The molecule has 0 saturated heterocycles. The molecule has 0 radical (unpaired) electrons. The number of benzene rings is 1. The zero-order valence-corrected chi connectivity index (χ0v) is 10.2. The van der Waals surface area contributed by atoms with Gasteiger partial charge in [0.2, 0.25) is 10.0 Å². The fourth-order valence-electron chi connectivity index (χ4n) is 1.20. The summed E-state index contributed by atoms with van der Waals surface area (Å²) in [5.41, 5.74) is 5.81. The lowest BCUT2D eigenvalue weighted by atomic mass is 10.2. The zero-order chi connectivity index (χ0) is 13.1. The highest BCUT2D eigenvalue weighted by molar-refractivity contribution is 7.89. The average Bonchev–Trinajstić information content (AvgIpc) is 2.25. The molecule has 0 unspecified atom stereocenters. The molecule has 7 heteroatoms. The van der Waals surface area contributed by atoms with Crippen LogP contribution in [0.25, 0.3) is 0 Å². The van der Waals surface area contributed by atoms with E-state index in [2.05, 4.69) is 4.72 Å². The molecule has 17 heavy (non-hydrogen) atoms. The SMILES string of the molecule is Cc1c(N)cc(S(=O)(=O)NCCCO)cc1F. The van der Waals surface area contributed by atoms with Crippen molar-refractivity contribution < 1.29 is 17.9 Å². The number of nitrogens with one attached hydrogen (secondary N) is 1. The lowest BCUT2D eigenvalue weighted by Crippen LogP contribution is -2.25. The topological polar surface area (TPSA) is 92.4 Å². The molecule has 0 aliphatic heterocycles. The highest BCUT2D eigenvalue weighted by atomic mass is 32.2. The normalized spacial score (nSPS) is 11.7. The van der Waals surface area contributed by atoms with Crippen LogP contribution in [0.4, 0.5) is 10.1 Å². The molecule has 1 aromatic rings. The third-order valence-electron chi connectivity index (χ3n) is 2.30. The van der Waals surface area contributed by atoms with Gasteiger partial charge >= 0.3 is 0 Å². The summed E-state index contributed by atoms with van der Waals surface area (Å²) in [5.74, 6) is -0.660. The molecule has 0 aliphatic rings. The van der Waals surface area contributed by atoms with Gasteiger partial charge in [0.15, 0.2) is 0 Å². The molecule has 0 heterocycles. The Morgan fingerprint density at radius 1 is 1.47 bits per heavy atom. The second kappa shape index (κ2) is 5.44. The Morgan fingerprint density at radius 3 is 2.65 bits per heavy atom. The number of aliphatic hydroxyl groups excluding tert-OH is 1.